The molecule has 1 saturated heterocycles. The highest BCUT2D eigenvalue weighted by molar-refractivity contribution is 5.75. The number of rotatable bonds is 11. The van der Waals surface area contributed by atoms with E-state index in [1.54, 1.807) is 12.1 Å². The van der Waals surface area contributed by atoms with Gasteiger partial charge in [-0.25, -0.2) is 0 Å². The molecule has 1 aromatic rings. The molecule has 0 spiro atoms. The average Bonchev–Trinajstić information content (AvgIpc) is 2.72. The van der Waals surface area contributed by atoms with Crippen LogP contribution in [0.2, 0.25) is 0 Å². The van der Waals surface area contributed by atoms with Crippen molar-refractivity contribution in [3.8, 4) is 17.6 Å². The molecule has 0 N–H and O–H groups in total. The molecular formula is C22H31NO5. The molecule has 6 nitrogen and oxygen atoms in total. The first kappa shape index (κ1) is 22.2. The van der Waals surface area contributed by atoms with E-state index >= 15 is 0 Å². The molecule has 1 aromatic carbocycles. The van der Waals surface area contributed by atoms with Gasteiger partial charge < -0.3 is 18.9 Å². The molecule has 2 rings (SSSR count). The van der Waals surface area contributed by atoms with Gasteiger partial charge in [-0.15, -0.1) is 0 Å². The van der Waals surface area contributed by atoms with Crippen molar-refractivity contribution in [3.05, 3.63) is 23.8 Å². The first-order chi connectivity index (χ1) is 13.7. The molecule has 28 heavy (non-hydrogen) atoms. The molecule has 0 unspecified atom stereocenters. The average molecular weight is 389 g/mol. The van der Waals surface area contributed by atoms with E-state index < -0.39 is 11.9 Å². The summed E-state index contributed by atoms with van der Waals surface area (Å²) in [6.45, 7) is 5.39. The fourth-order valence-electron chi connectivity index (χ4n) is 2.90. The number of hydrogen-bond acceptors (Lipinski definition) is 6. The van der Waals surface area contributed by atoms with Gasteiger partial charge in [0.25, 0.3) is 0 Å². The highest BCUT2D eigenvalue weighted by Crippen LogP contribution is 2.25. The molecule has 0 saturated carbocycles. The number of benzene rings is 1. The molecule has 1 aliphatic rings. The molecular weight excluding hydrogens is 358 g/mol. The highest BCUT2D eigenvalue weighted by atomic mass is 16.7. The van der Waals surface area contributed by atoms with E-state index in [1.165, 1.54) is 25.3 Å². The Hall–Kier alpha value is -2.10. The molecule has 1 fully saturated rings. The van der Waals surface area contributed by atoms with E-state index in [0.29, 0.717) is 36.9 Å². The van der Waals surface area contributed by atoms with Crippen LogP contribution >= 0.6 is 0 Å². The zero-order valence-corrected chi connectivity index (χ0v) is 16.9. The van der Waals surface area contributed by atoms with E-state index in [1.807, 2.05) is 0 Å². The summed E-state index contributed by atoms with van der Waals surface area (Å²) in [7, 11) is 0. The van der Waals surface area contributed by atoms with Gasteiger partial charge in [-0.2, -0.15) is 5.26 Å². The second kappa shape index (κ2) is 12.4. The molecule has 0 aliphatic carbocycles. The van der Waals surface area contributed by atoms with Crippen molar-refractivity contribution in [2.24, 2.45) is 5.92 Å². The van der Waals surface area contributed by atoms with Crippen LogP contribution in [0, 0.1) is 17.2 Å². The Morgan fingerprint density at radius 1 is 1.14 bits per heavy atom. The number of esters is 1. The van der Waals surface area contributed by atoms with Gasteiger partial charge in [-0.1, -0.05) is 39.5 Å². The summed E-state index contributed by atoms with van der Waals surface area (Å²) in [6, 6.07) is 6.92. The lowest BCUT2D eigenvalue weighted by molar-refractivity contribution is -0.208. The zero-order chi connectivity index (χ0) is 20.2. The van der Waals surface area contributed by atoms with Crippen molar-refractivity contribution in [2.75, 3.05) is 19.8 Å². The smallest absolute Gasteiger partial charge is 0.319 e. The van der Waals surface area contributed by atoms with Gasteiger partial charge in [-0.3, -0.25) is 4.79 Å². The Bertz CT molecular complexity index is 647. The second-order valence-corrected chi connectivity index (χ2v) is 7.04. The van der Waals surface area contributed by atoms with Crippen LogP contribution in [-0.4, -0.2) is 32.1 Å². The van der Waals surface area contributed by atoms with Crippen LogP contribution in [0.4, 0.5) is 0 Å². The monoisotopic (exact) mass is 389 g/mol. The fraction of sp³-hybridized carbons (Fsp3) is 0.636. The number of nitrogens with zero attached hydrogens (tertiary/aromatic N) is 1. The van der Waals surface area contributed by atoms with Crippen molar-refractivity contribution in [3.63, 3.8) is 0 Å². The Morgan fingerprint density at radius 2 is 1.89 bits per heavy atom. The normalized spacial score (nSPS) is 19.0. The quantitative estimate of drug-likeness (QED) is 0.313. The first-order valence-corrected chi connectivity index (χ1v) is 10.3. The van der Waals surface area contributed by atoms with Crippen molar-refractivity contribution in [2.45, 2.75) is 65.1 Å². The van der Waals surface area contributed by atoms with Crippen LogP contribution in [0.25, 0.3) is 0 Å². The largest absolute Gasteiger partial charge is 0.492 e. The minimum Gasteiger partial charge on any atom is -0.492 e. The summed E-state index contributed by atoms with van der Waals surface area (Å²) in [4.78, 5) is 12.4. The molecule has 0 aromatic heterocycles. The number of hydrogen-bond donors (Lipinski definition) is 0. The summed E-state index contributed by atoms with van der Waals surface area (Å²) < 4.78 is 22.3. The lowest BCUT2D eigenvalue weighted by atomic mass is 10.1. The Labute approximate surface area is 167 Å². The third-order valence-corrected chi connectivity index (χ3v) is 4.64. The molecule has 154 valence electrons. The summed E-state index contributed by atoms with van der Waals surface area (Å²) in [5, 5.41) is 9.31. The standard InChI is InChI=1S/C22H31NO5/c1-3-5-7-8-9-21-26-15-18(16-27-21)22(24)28-19-10-11-20(17(13-19)14-23)25-12-6-4-2/h10-11,13,18,21H,3-9,12,15-16H2,1-2H3. The predicted octanol–water partition coefficient (Wildman–Crippen LogP) is 4.60. The Kier molecular flexibility index (Phi) is 9.81. The number of carbonyl (C=O) groups excluding carboxylic acids is 1. The van der Waals surface area contributed by atoms with E-state index in [-0.39, 0.29) is 6.29 Å². The molecule has 0 radical (unpaired) electrons. The number of unbranched alkanes of at least 4 members (excludes halogenated alkanes) is 4. The molecule has 0 bridgehead atoms. The van der Waals surface area contributed by atoms with Crippen molar-refractivity contribution in [1.82, 2.24) is 0 Å². The second-order valence-electron chi connectivity index (χ2n) is 7.04. The lowest BCUT2D eigenvalue weighted by Crippen LogP contribution is -2.38. The number of nitriles is 1. The van der Waals surface area contributed by atoms with E-state index in [4.69, 9.17) is 18.9 Å². The van der Waals surface area contributed by atoms with Crippen LogP contribution in [0.1, 0.15) is 64.4 Å². The highest BCUT2D eigenvalue weighted by Gasteiger charge is 2.29. The fourth-order valence-corrected chi connectivity index (χ4v) is 2.90. The van der Waals surface area contributed by atoms with Crippen molar-refractivity contribution < 1.29 is 23.7 Å². The lowest BCUT2D eigenvalue weighted by Gasteiger charge is -2.28. The minimum atomic E-state index is -0.460. The number of carbonyl (C=O) groups is 1. The summed E-state index contributed by atoms with van der Waals surface area (Å²) in [5.41, 5.74) is 0.352. The van der Waals surface area contributed by atoms with Crippen LogP contribution in [0.3, 0.4) is 0 Å². The van der Waals surface area contributed by atoms with E-state index in [9.17, 15) is 10.1 Å². The van der Waals surface area contributed by atoms with Gasteiger partial charge in [0.1, 0.15) is 23.5 Å². The molecule has 1 aliphatic heterocycles. The van der Waals surface area contributed by atoms with Gasteiger partial charge in [0, 0.05) is 6.07 Å². The van der Waals surface area contributed by atoms with Gasteiger partial charge in [-0.05, 0) is 31.4 Å². The van der Waals surface area contributed by atoms with Gasteiger partial charge in [0.2, 0.25) is 0 Å². The van der Waals surface area contributed by atoms with Gasteiger partial charge >= 0.3 is 5.97 Å². The first-order valence-electron chi connectivity index (χ1n) is 10.3. The molecule has 6 heteroatoms. The van der Waals surface area contributed by atoms with Gasteiger partial charge in [0.15, 0.2) is 6.29 Å². The van der Waals surface area contributed by atoms with E-state index in [2.05, 4.69) is 19.9 Å². The topological polar surface area (TPSA) is 77.8 Å². The summed E-state index contributed by atoms with van der Waals surface area (Å²) in [6.07, 6.45) is 7.21. The maximum Gasteiger partial charge on any atom is 0.319 e. The van der Waals surface area contributed by atoms with Crippen molar-refractivity contribution >= 4 is 5.97 Å². The summed E-state index contributed by atoms with van der Waals surface area (Å²) >= 11 is 0. The maximum atomic E-state index is 12.4. The van der Waals surface area contributed by atoms with Crippen LogP contribution in [0.15, 0.2) is 18.2 Å². The Morgan fingerprint density at radius 3 is 2.57 bits per heavy atom. The maximum absolute atomic E-state index is 12.4. The zero-order valence-electron chi connectivity index (χ0n) is 16.9. The number of ether oxygens (including phenoxy) is 4. The molecule has 1 heterocycles. The van der Waals surface area contributed by atoms with E-state index in [0.717, 1.165) is 25.7 Å². The summed E-state index contributed by atoms with van der Waals surface area (Å²) in [5.74, 6) is -0.0389. The van der Waals surface area contributed by atoms with Crippen molar-refractivity contribution in [1.29, 1.82) is 5.26 Å². The van der Waals surface area contributed by atoms with Crippen LogP contribution in [-0.2, 0) is 14.3 Å². The Balaban J connectivity index is 1.80. The molecule has 0 atom stereocenters. The SMILES string of the molecule is CCCCCCC1OCC(C(=O)Oc2ccc(OCCCC)c(C#N)c2)CO1. The third-order valence-electron chi connectivity index (χ3n) is 4.64. The third kappa shape index (κ3) is 7.14. The van der Waals surface area contributed by atoms with Crippen LogP contribution in [0.5, 0.6) is 11.5 Å². The van der Waals surface area contributed by atoms with Crippen LogP contribution < -0.4 is 9.47 Å². The minimum absolute atomic E-state index is 0.231. The van der Waals surface area contributed by atoms with Gasteiger partial charge in [0.05, 0.1) is 25.4 Å². The predicted molar refractivity (Wildman–Crippen MR) is 105 cm³/mol. The molecule has 0 amide bonds.